The Morgan fingerprint density at radius 1 is 1.30 bits per heavy atom. The number of imidazole rings is 1. The normalized spacial score (nSPS) is 18.5. The van der Waals surface area contributed by atoms with Crippen LogP contribution in [0.2, 0.25) is 0 Å². The molecular formula is C26H28FN5O. The van der Waals surface area contributed by atoms with Crippen LogP contribution >= 0.6 is 0 Å². The average molecular weight is 446 g/mol. The maximum atomic E-state index is 13.4. The van der Waals surface area contributed by atoms with E-state index in [0.717, 1.165) is 53.2 Å². The number of allylic oxidation sites excluding steroid dienone is 1. The van der Waals surface area contributed by atoms with Crippen LogP contribution < -0.4 is 15.8 Å². The van der Waals surface area contributed by atoms with Crippen LogP contribution in [0.15, 0.2) is 84.2 Å². The molecule has 7 heteroatoms. The largest absolute Gasteiger partial charge is 0.494 e. The van der Waals surface area contributed by atoms with E-state index < -0.39 is 0 Å². The SMILES string of the molecule is C=C(/N=C1\C(=C/N)CCCC1c1ccc(F)cc1)Nc1ccc(-n2cnc(C)c2)c(OC)c1. The Balaban J connectivity index is 1.59. The molecule has 6 nitrogen and oxygen atoms in total. The van der Waals surface area contributed by atoms with Crippen LogP contribution in [0.25, 0.3) is 5.69 Å². The zero-order valence-corrected chi connectivity index (χ0v) is 18.9. The third-order valence-corrected chi connectivity index (χ3v) is 5.79. The molecule has 0 saturated heterocycles. The second-order valence-corrected chi connectivity index (χ2v) is 8.07. The summed E-state index contributed by atoms with van der Waals surface area (Å²) in [5.74, 6) is 0.972. The Kier molecular flexibility index (Phi) is 6.58. The smallest absolute Gasteiger partial charge is 0.144 e. The number of halogens is 1. The summed E-state index contributed by atoms with van der Waals surface area (Å²) in [5, 5.41) is 3.26. The Labute approximate surface area is 193 Å². The first-order valence-corrected chi connectivity index (χ1v) is 10.9. The molecule has 0 spiro atoms. The molecule has 0 bridgehead atoms. The minimum absolute atomic E-state index is 0.0362. The lowest BCUT2D eigenvalue weighted by Gasteiger charge is -2.27. The van der Waals surface area contributed by atoms with Crippen molar-refractivity contribution in [3.05, 3.63) is 96.2 Å². The van der Waals surface area contributed by atoms with Crippen molar-refractivity contribution in [1.29, 1.82) is 0 Å². The number of hydrogen-bond donors (Lipinski definition) is 2. The fraction of sp³-hybridized carbons (Fsp3) is 0.231. The van der Waals surface area contributed by atoms with E-state index in [1.54, 1.807) is 19.6 Å². The molecule has 1 unspecified atom stereocenters. The minimum atomic E-state index is -0.253. The van der Waals surface area contributed by atoms with E-state index in [-0.39, 0.29) is 11.7 Å². The molecule has 1 heterocycles. The number of anilines is 1. The number of rotatable bonds is 6. The number of hydrogen-bond acceptors (Lipinski definition) is 5. The molecule has 0 aliphatic heterocycles. The van der Waals surface area contributed by atoms with Crippen LogP contribution in [0.5, 0.6) is 5.75 Å². The molecule has 0 radical (unpaired) electrons. The summed E-state index contributed by atoms with van der Waals surface area (Å²) in [6, 6.07) is 12.4. The average Bonchev–Trinajstić information content (AvgIpc) is 3.25. The topological polar surface area (TPSA) is 77.5 Å². The van der Waals surface area contributed by atoms with Gasteiger partial charge in [-0.05, 0) is 67.8 Å². The molecule has 1 atom stereocenters. The van der Waals surface area contributed by atoms with Crippen molar-refractivity contribution in [3.63, 3.8) is 0 Å². The van der Waals surface area contributed by atoms with Gasteiger partial charge in [-0.15, -0.1) is 0 Å². The molecule has 1 aliphatic carbocycles. The predicted molar refractivity (Wildman–Crippen MR) is 130 cm³/mol. The Morgan fingerprint density at radius 3 is 2.76 bits per heavy atom. The van der Waals surface area contributed by atoms with Crippen LogP contribution in [0.3, 0.4) is 0 Å². The first-order chi connectivity index (χ1) is 16.0. The van der Waals surface area contributed by atoms with Crippen LogP contribution in [-0.4, -0.2) is 22.4 Å². The van der Waals surface area contributed by atoms with Crippen LogP contribution in [-0.2, 0) is 0 Å². The highest BCUT2D eigenvalue weighted by atomic mass is 19.1. The van der Waals surface area contributed by atoms with Gasteiger partial charge in [-0.3, -0.25) is 0 Å². The number of aryl methyl sites for hydroxylation is 1. The van der Waals surface area contributed by atoms with Crippen molar-refractivity contribution in [1.82, 2.24) is 9.55 Å². The van der Waals surface area contributed by atoms with Crippen molar-refractivity contribution in [2.45, 2.75) is 32.1 Å². The summed E-state index contributed by atoms with van der Waals surface area (Å²) in [4.78, 5) is 9.10. The van der Waals surface area contributed by atoms with Gasteiger partial charge in [-0.1, -0.05) is 18.7 Å². The van der Waals surface area contributed by atoms with Gasteiger partial charge in [0.25, 0.3) is 0 Å². The molecule has 0 amide bonds. The third-order valence-electron chi connectivity index (χ3n) is 5.79. The van der Waals surface area contributed by atoms with Crippen LogP contribution in [0.1, 0.15) is 36.4 Å². The lowest BCUT2D eigenvalue weighted by molar-refractivity contribution is 0.413. The van der Waals surface area contributed by atoms with Gasteiger partial charge >= 0.3 is 0 Å². The number of nitrogens with zero attached hydrogens (tertiary/aromatic N) is 3. The summed E-state index contributed by atoms with van der Waals surface area (Å²) < 4.78 is 21.0. The highest BCUT2D eigenvalue weighted by molar-refractivity contribution is 6.06. The highest BCUT2D eigenvalue weighted by Gasteiger charge is 2.26. The summed E-state index contributed by atoms with van der Waals surface area (Å²) in [5.41, 5.74) is 11.4. The zero-order chi connectivity index (χ0) is 23.4. The number of methoxy groups -OCH3 is 1. The molecule has 1 aromatic heterocycles. The summed E-state index contributed by atoms with van der Waals surface area (Å²) in [7, 11) is 1.63. The van der Waals surface area contributed by atoms with Crippen molar-refractivity contribution >= 4 is 11.4 Å². The second-order valence-electron chi connectivity index (χ2n) is 8.07. The quantitative estimate of drug-likeness (QED) is 0.528. The van der Waals surface area contributed by atoms with Gasteiger partial charge in [-0.2, -0.15) is 0 Å². The molecule has 2 aromatic carbocycles. The van der Waals surface area contributed by atoms with E-state index >= 15 is 0 Å². The molecule has 4 rings (SSSR count). The first kappa shape index (κ1) is 22.3. The molecule has 170 valence electrons. The molecule has 1 aliphatic rings. The van der Waals surface area contributed by atoms with E-state index in [2.05, 4.69) is 16.9 Å². The third kappa shape index (κ3) is 4.98. The maximum Gasteiger partial charge on any atom is 0.144 e. The van der Waals surface area contributed by atoms with Gasteiger partial charge in [0, 0.05) is 23.9 Å². The number of benzene rings is 2. The van der Waals surface area contributed by atoms with Crippen LogP contribution in [0.4, 0.5) is 10.1 Å². The van der Waals surface area contributed by atoms with Crippen molar-refractivity contribution in [2.75, 3.05) is 12.4 Å². The Morgan fingerprint density at radius 2 is 2.09 bits per heavy atom. The van der Waals surface area contributed by atoms with Gasteiger partial charge in [0.1, 0.15) is 17.4 Å². The Hall–Kier alpha value is -3.87. The lowest BCUT2D eigenvalue weighted by Crippen LogP contribution is -2.22. The predicted octanol–water partition coefficient (Wildman–Crippen LogP) is 5.46. The molecule has 33 heavy (non-hydrogen) atoms. The number of aromatic nitrogens is 2. The number of nitrogens with one attached hydrogen (secondary N) is 1. The Bertz CT molecular complexity index is 1210. The summed E-state index contributed by atoms with van der Waals surface area (Å²) in [6.07, 6.45) is 8.08. The number of ether oxygens (including phenoxy) is 1. The fourth-order valence-electron chi connectivity index (χ4n) is 4.18. The highest BCUT2D eigenvalue weighted by Crippen LogP contribution is 2.35. The lowest BCUT2D eigenvalue weighted by atomic mass is 9.79. The molecule has 3 N–H and O–H groups in total. The summed E-state index contributed by atoms with van der Waals surface area (Å²) >= 11 is 0. The van der Waals surface area contributed by atoms with E-state index in [0.29, 0.717) is 11.6 Å². The molecule has 3 aromatic rings. The van der Waals surface area contributed by atoms with Crippen molar-refractivity contribution in [2.24, 2.45) is 10.7 Å². The van der Waals surface area contributed by atoms with Crippen LogP contribution in [0, 0.1) is 12.7 Å². The van der Waals surface area contributed by atoms with E-state index in [1.807, 2.05) is 48.0 Å². The van der Waals surface area contributed by atoms with Gasteiger partial charge in [0.2, 0.25) is 0 Å². The second kappa shape index (κ2) is 9.73. The standard InChI is InChI=1S/C26H28FN5O/c1-17-15-32(16-29-17)24-12-11-22(13-25(24)33-3)30-18(2)31-26-20(14-28)5-4-6-23(26)19-7-9-21(27)10-8-19/h7-16,23,30H,2,4-6,28H2,1,3H3/b20-14-,31-26+. The molecule has 1 saturated carbocycles. The first-order valence-electron chi connectivity index (χ1n) is 10.9. The zero-order valence-electron chi connectivity index (χ0n) is 18.9. The van der Waals surface area contributed by atoms with Crippen molar-refractivity contribution in [3.8, 4) is 11.4 Å². The van der Waals surface area contributed by atoms with Gasteiger partial charge < -0.3 is 20.4 Å². The number of nitrogens with two attached hydrogens (primary N) is 1. The monoisotopic (exact) mass is 445 g/mol. The number of aliphatic imine (C=N–C) groups is 1. The van der Waals surface area contributed by atoms with Gasteiger partial charge in [0.05, 0.1) is 30.5 Å². The summed E-state index contributed by atoms with van der Waals surface area (Å²) in [6.45, 7) is 6.05. The van der Waals surface area contributed by atoms with E-state index in [1.165, 1.54) is 12.1 Å². The molecular weight excluding hydrogens is 417 g/mol. The van der Waals surface area contributed by atoms with Crippen molar-refractivity contribution < 1.29 is 9.13 Å². The van der Waals surface area contributed by atoms with Gasteiger partial charge in [0.15, 0.2) is 0 Å². The molecule has 1 fully saturated rings. The van der Waals surface area contributed by atoms with E-state index in [4.69, 9.17) is 15.5 Å². The maximum absolute atomic E-state index is 13.4. The van der Waals surface area contributed by atoms with Gasteiger partial charge in [-0.25, -0.2) is 14.4 Å². The fourth-order valence-corrected chi connectivity index (χ4v) is 4.18. The minimum Gasteiger partial charge on any atom is -0.494 e. The van der Waals surface area contributed by atoms with E-state index in [9.17, 15) is 4.39 Å².